The predicted molar refractivity (Wildman–Crippen MR) is 190 cm³/mol. The summed E-state index contributed by atoms with van der Waals surface area (Å²) >= 11 is 0. The number of fused-ring (bicyclic) bond motifs is 1. The monoisotopic (exact) mass is 721 g/mol. The van der Waals surface area contributed by atoms with Crippen molar-refractivity contribution in [1.29, 1.82) is 0 Å². The molecule has 6 atom stereocenters. The quantitative estimate of drug-likeness (QED) is 0.165. The Balaban J connectivity index is 1.53. The molecule has 2 saturated carbocycles. The Morgan fingerprint density at radius 3 is 2.10 bits per heavy atom. The first-order valence-corrected chi connectivity index (χ1v) is 19.2. The van der Waals surface area contributed by atoms with Gasteiger partial charge in [-0.3, -0.25) is 19.2 Å². The van der Waals surface area contributed by atoms with Crippen molar-refractivity contribution in [2.45, 2.75) is 105 Å². The van der Waals surface area contributed by atoms with Crippen molar-refractivity contribution in [3.63, 3.8) is 0 Å². The molecule has 15 heteroatoms. The van der Waals surface area contributed by atoms with Crippen molar-refractivity contribution in [1.82, 2.24) is 34.8 Å². The second-order valence-corrected chi connectivity index (χ2v) is 19.4. The van der Waals surface area contributed by atoms with Crippen molar-refractivity contribution < 1.29 is 32.4 Å². The fourth-order valence-corrected chi connectivity index (χ4v) is 8.88. The molecule has 0 spiro atoms. The van der Waals surface area contributed by atoms with Gasteiger partial charge in [0, 0.05) is 45.8 Å². The van der Waals surface area contributed by atoms with E-state index >= 15 is 0 Å². The highest BCUT2D eigenvalue weighted by atomic mass is 32.2. The highest BCUT2D eigenvalue weighted by Gasteiger charge is 2.70. The molecule has 50 heavy (non-hydrogen) atoms. The third-order valence-electron chi connectivity index (χ3n) is 11.3. The topological polar surface area (TPSA) is 177 Å². The maximum Gasteiger partial charge on any atom is 0.315 e. The molecule has 5 amide bonds. The van der Waals surface area contributed by atoms with Gasteiger partial charge in [0.25, 0.3) is 16.1 Å². The van der Waals surface area contributed by atoms with E-state index in [1.807, 2.05) is 41.5 Å². The second-order valence-electron chi connectivity index (χ2n) is 17.4. The first-order valence-electron chi connectivity index (χ1n) is 17.8. The minimum atomic E-state index is -3.63. The standard InChI is InChI=1S/C35H59N7O7S/c1-11-15-36-30(45)27(43)23(18-21-13-12-14-21)37-29(44)26-25-22(35(25,8)9)19-42(26)31(46)28(34(5,6)7)39-32(47)38-24(33(2,3)4)20-41-17-16-40(10)50(41,48)49/h11,21-26,28H,1,12-20H2,2-10H3,(H,36,45)(H,37,44)(H2,38,39,47)/t22-,23?,24+,25-,26?,28+/m0/s1. The zero-order valence-electron chi connectivity index (χ0n) is 31.3. The molecular weight excluding hydrogens is 662 g/mol. The summed E-state index contributed by atoms with van der Waals surface area (Å²) in [5.74, 6) is -2.28. The summed E-state index contributed by atoms with van der Waals surface area (Å²) in [5.41, 5.74) is -1.49. The molecule has 2 unspecified atom stereocenters. The number of ketones is 1. The van der Waals surface area contributed by atoms with Crippen molar-refractivity contribution in [3.8, 4) is 0 Å². The lowest BCUT2D eigenvalue weighted by Crippen LogP contribution is -2.63. The number of likely N-dealkylation sites (tertiary alicyclic amines) is 1. The first-order chi connectivity index (χ1) is 23.0. The van der Waals surface area contributed by atoms with Crippen molar-refractivity contribution in [2.24, 2.45) is 34.0 Å². The number of hydrogen-bond acceptors (Lipinski definition) is 7. The third-order valence-corrected chi connectivity index (χ3v) is 13.3. The molecule has 2 heterocycles. The number of carbonyl (C=O) groups is 5. The van der Waals surface area contributed by atoms with Crippen LogP contribution in [0.4, 0.5) is 4.79 Å². The van der Waals surface area contributed by atoms with Gasteiger partial charge in [-0.1, -0.05) is 80.7 Å². The van der Waals surface area contributed by atoms with Crippen LogP contribution in [0, 0.1) is 34.0 Å². The molecule has 2 aliphatic carbocycles. The number of piperidine rings is 1. The Morgan fingerprint density at radius 1 is 0.960 bits per heavy atom. The average molecular weight is 722 g/mol. The lowest BCUT2D eigenvalue weighted by molar-refractivity contribution is -0.145. The lowest BCUT2D eigenvalue weighted by Gasteiger charge is -2.39. The normalized spacial score (nSPS) is 26.5. The van der Waals surface area contributed by atoms with E-state index in [4.69, 9.17) is 0 Å². The number of carbonyl (C=O) groups excluding carboxylic acids is 5. The largest absolute Gasteiger partial charge is 0.346 e. The van der Waals surface area contributed by atoms with E-state index in [0.717, 1.165) is 19.3 Å². The highest BCUT2D eigenvalue weighted by Crippen LogP contribution is 2.65. The fourth-order valence-electron chi connectivity index (χ4n) is 7.52. The van der Waals surface area contributed by atoms with Gasteiger partial charge in [-0.05, 0) is 40.4 Å². The Hall–Kier alpha value is -3.04. The van der Waals surface area contributed by atoms with Crippen molar-refractivity contribution in [2.75, 3.05) is 39.8 Å². The molecule has 0 bridgehead atoms. The van der Waals surface area contributed by atoms with Crippen LogP contribution in [-0.4, -0.2) is 115 Å². The van der Waals surface area contributed by atoms with Crippen LogP contribution in [0.1, 0.15) is 81.1 Å². The lowest BCUT2D eigenvalue weighted by atomic mass is 9.80. The van der Waals surface area contributed by atoms with E-state index < -0.39 is 74.7 Å². The number of likely N-dealkylation sites (N-methyl/N-ethyl adjacent to an activating group) is 1. The summed E-state index contributed by atoms with van der Waals surface area (Å²) in [7, 11) is -2.11. The van der Waals surface area contributed by atoms with Gasteiger partial charge in [0.15, 0.2) is 0 Å². The Kier molecular flexibility index (Phi) is 11.5. The summed E-state index contributed by atoms with van der Waals surface area (Å²) in [6.07, 6.45) is 4.69. The number of Topliss-reactive ketones (excluding diaryl/α,β-unsaturated/α-hetero) is 1. The van der Waals surface area contributed by atoms with Gasteiger partial charge in [0.05, 0.1) is 6.04 Å². The van der Waals surface area contributed by atoms with Gasteiger partial charge in [-0.25, -0.2) is 4.79 Å². The van der Waals surface area contributed by atoms with Gasteiger partial charge in [-0.15, -0.1) is 6.58 Å². The van der Waals surface area contributed by atoms with Crippen LogP contribution in [0.5, 0.6) is 0 Å². The molecular formula is C35H59N7O7S. The van der Waals surface area contributed by atoms with Gasteiger partial charge >= 0.3 is 6.03 Å². The number of nitrogens with zero attached hydrogens (tertiary/aromatic N) is 3. The molecule has 4 fully saturated rings. The molecule has 0 radical (unpaired) electrons. The average Bonchev–Trinajstić information content (AvgIpc) is 3.24. The molecule has 2 saturated heterocycles. The van der Waals surface area contributed by atoms with Crippen molar-refractivity contribution in [3.05, 3.63) is 12.7 Å². The van der Waals surface area contributed by atoms with Crippen LogP contribution in [0.3, 0.4) is 0 Å². The molecule has 0 aromatic carbocycles. The number of amides is 5. The molecule has 0 aromatic heterocycles. The summed E-state index contributed by atoms with van der Waals surface area (Å²) < 4.78 is 28.2. The predicted octanol–water partition coefficient (Wildman–Crippen LogP) is 1.64. The maximum atomic E-state index is 14.5. The van der Waals surface area contributed by atoms with Gasteiger partial charge in [0.2, 0.25) is 17.6 Å². The highest BCUT2D eigenvalue weighted by molar-refractivity contribution is 7.87. The van der Waals surface area contributed by atoms with Gasteiger partial charge < -0.3 is 26.2 Å². The van der Waals surface area contributed by atoms with E-state index in [2.05, 4.69) is 41.7 Å². The molecule has 4 rings (SSSR count). The van der Waals surface area contributed by atoms with Crippen LogP contribution in [0.2, 0.25) is 0 Å². The van der Waals surface area contributed by atoms with E-state index in [1.165, 1.54) is 26.6 Å². The Morgan fingerprint density at radius 2 is 1.60 bits per heavy atom. The molecule has 2 aliphatic heterocycles. The SMILES string of the molecule is C=CCNC(=O)C(=O)C(CC1CCC1)NC(=O)C1[C@@H]2[C@H](CN1C(=O)[C@@H](NC(=O)N[C@H](CN1CCN(C)S1(=O)=O)C(C)(C)C)C(C)(C)C)C2(C)C. The number of nitrogens with one attached hydrogen (secondary N) is 4. The smallest absolute Gasteiger partial charge is 0.315 e. The first kappa shape index (κ1) is 39.7. The van der Waals surface area contributed by atoms with Gasteiger partial charge in [-0.2, -0.15) is 17.0 Å². The van der Waals surface area contributed by atoms with E-state index in [0.29, 0.717) is 26.1 Å². The van der Waals surface area contributed by atoms with E-state index in [9.17, 15) is 32.4 Å². The molecule has 4 aliphatic rings. The van der Waals surface area contributed by atoms with E-state index in [1.54, 1.807) is 0 Å². The van der Waals surface area contributed by atoms with Crippen LogP contribution < -0.4 is 21.3 Å². The second kappa shape index (κ2) is 14.5. The third kappa shape index (κ3) is 8.36. The van der Waals surface area contributed by atoms with E-state index in [-0.39, 0.29) is 36.3 Å². The zero-order valence-corrected chi connectivity index (χ0v) is 32.1. The fraction of sp³-hybridized carbons (Fsp3) is 0.800. The molecule has 0 aromatic rings. The molecule has 282 valence electrons. The molecule has 14 nitrogen and oxygen atoms in total. The summed E-state index contributed by atoms with van der Waals surface area (Å²) in [6, 6.07) is -4.13. The summed E-state index contributed by atoms with van der Waals surface area (Å²) in [5, 5.41) is 11.2. The summed E-state index contributed by atoms with van der Waals surface area (Å²) in [4.78, 5) is 69.7. The van der Waals surface area contributed by atoms with Crippen molar-refractivity contribution >= 4 is 39.7 Å². The van der Waals surface area contributed by atoms with Crippen LogP contribution in [0.25, 0.3) is 0 Å². The maximum absolute atomic E-state index is 14.5. The summed E-state index contributed by atoms with van der Waals surface area (Å²) in [6.45, 7) is 20.1. The Bertz CT molecular complexity index is 1460. The minimum Gasteiger partial charge on any atom is -0.346 e. The number of rotatable bonds is 13. The Labute approximate surface area is 298 Å². The van der Waals surface area contributed by atoms with Crippen LogP contribution in [0.15, 0.2) is 12.7 Å². The van der Waals surface area contributed by atoms with Crippen LogP contribution in [-0.2, 0) is 29.4 Å². The van der Waals surface area contributed by atoms with Crippen LogP contribution >= 0.6 is 0 Å². The number of hydrogen-bond donors (Lipinski definition) is 4. The van der Waals surface area contributed by atoms with Gasteiger partial charge in [0.1, 0.15) is 12.1 Å². The number of urea groups is 1. The minimum absolute atomic E-state index is 0.0548. The zero-order chi connectivity index (χ0) is 37.6. The molecule has 4 N–H and O–H groups in total.